The van der Waals surface area contributed by atoms with Crippen molar-refractivity contribution in [1.29, 1.82) is 0 Å². The lowest BCUT2D eigenvalue weighted by Crippen LogP contribution is -2.57. The zero-order valence-corrected chi connectivity index (χ0v) is 13.7. The summed E-state index contributed by atoms with van der Waals surface area (Å²) in [7, 11) is 1.31. The summed E-state index contributed by atoms with van der Waals surface area (Å²) in [6, 6.07) is 18.5. The highest BCUT2D eigenvalue weighted by molar-refractivity contribution is 6.11. The minimum Gasteiger partial charge on any atom is -0.467 e. The first kappa shape index (κ1) is 16.7. The fourth-order valence-corrected chi connectivity index (χ4v) is 2.97. The van der Waals surface area contributed by atoms with Gasteiger partial charge in [0.25, 0.3) is 0 Å². The number of Topliss-reactive ketones (excluding diaryl/α,β-unsaturated/α-hetero) is 1. The molecule has 23 heavy (non-hydrogen) atoms. The maximum absolute atomic E-state index is 12.8. The van der Waals surface area contributed by atoms with E-state index >= 15 is 0 Å². The highest BCUT2D eigenvalue weighted by Crippen LogP contribution is 2.35. The molecule has 0 spiro atoms. The van der Waals surface area contributed by atoms with Gasteiger partial charge in [0.2, 0.25) is 5.54 Å². The summed E-state index contributed by atoms with van der Waals surface area (Å²) < 4.78 is 5.03. The van der Waals surface area contributed by atoms with Gasteiger partial charge in [-0.15, -0.1) is 0 Å². The molecule has 0 bridgehead atoms. The molecule has 2 aromatic rings. The summed E-state index contributed by atoms with van der Waals surface area (Å²) in [6.07, 6.45) is 0. The number of likely N-dealkylation sites (N-methyl/N-ethyl adjacent to an activating group) is 1. The average molecular weight is 311 g/mol. The van der Waals surface area contributed by atoms with Crippen LogP contribution in [0.2, 0.25) is 0 Å². The molecule has 0 aliphatic heterocycles. The second kappa shape index (κ2) is 7.09. The van der Waals surface area contributed by atoms with E-state index in [9.17, 15) is 9.59 Å². The quantitative estimate of drug-likeness (QED) is 0.607. The molecule has 0 aromatic heterocycles. The predicted octanol–water partition coefficient (Wildman–Crippen LogP) is 3.17. The fraction of sp³-hybridized carbons (Fsp3) is 0.263. The number of ketones is 1. The van der Waals surface area contributed by atoms with Crippen LogP contribution in [-0.4, -0.2) is 25.4 Å². The standard InChI is InChI=1S/C19H21NO3/c1-4-20(17-13-9-6-10-14-17)19(15(2)21,18(22)23-3)16-11-7-5-8-12-16/h5-14H,4H2,1-3H3. The van der Waals surface area contributed by atoms with Crippen molar-refractivity contribution in [1.82, 2.24) is 0 Å². The molecule has 0 saturated heterocycles. The van der Waals surface area contributed by atoms with Gasteiger partial charge < -0.3 is 9.64 Å². The topological polar surface area (TPSA) is 46.6 Å². The van der Waals surface area contributed by atoms with Gasteiger partial charge in [0.15, 0.2) is 5.78 Å². The van der Waals surface area contributed by atoms with Crippen LogP contribution in [0.5, 0.6) is 0 Å². The Kier molecular flexibility index (Phi) is 5.16. The molecule has 0 N–H and O–H groups in total. The van der Waals surface area contributed by atoms with Gasteiger partial charge in [-0.1, -0.05) is 48.5 Å². The summed E-state index contributed by atoms with van der Waals surface area (Å²) in [5, 5.41) is 0. The highest BCUT2D eigenvalue weighted by atomic mass is 16.5. The SMILES string of the molecule is CCN(c1ccccc1)C(C(C)=O)(C(=O)OC)c1ccccc1. The lowest BCUT2D eigenvalue weighted by atomic mass is 9.83. The normalized spacial score (nSPS) is 13.0. The van der Waals surface area contributed by atoms with Crippen LogP contribution < -0.4 is 4.90 Å². The Morgan fingerprint density at radius 2 is 1.52 bits per heavy atom. The minimum atomic E-state index is -1.49. The molecule has 2 aromatic carbocycles. The van der Waals surface area contributed by atoms with Crippen molar-refractivity contribution >= 4 is 17.4 Å². The van der Waals surface area contributed by atoms with E-state index in [2.05, 4.69) is 0 Å². The first-order valence-electron chi connectivity index (χ1n) is 7.56. The Bertz CT molecular complexity index is 670. The molecule has 4 heteroatoms. The summed E-state index contributed by atoms with van der Waals surface area (Å²) >= 11 is 0. The van der Waals surface area contributed by atoms with Gasteiger partial charge in [-0.3, -0.25) is 4.79 Å². The molecule has 0 aliphatic rings. The van der Waals surface area contributed by atoms with Crippen LogP contribution in [0.1, 0.15) is 19.4 Å². The molecular weight excluding hydrogens is 290 g/mol. The zero-order valence-electron chi connectivity index (χ0n) is 13.7. The molecule has 0 fully saturated rings. The van der Waals surface area contributed by atoms with Crippen molar-refractivity contribution in [3.05, 3.63) is 66.2 Å². The first-order chi connectivity index (χ1) is 11.1. The van der Waals surface area contributed by atoms with Crippen molar-refractivity contribution in [3.63, 3.8) is 0 Å². The predicted molar refractivity (Wildman–Crippen MR) is 90.3 cm³/mol. The van der Waals surface area contributed by atoms with Gasteiger partial charge in [-0.05, 0) is 31.5 Å². The van der Waals surface area contributed by atoms with Crippen LogP contribution in [-0.2, 0) is 19.9 Å². The van der Waals surface area contributed by atoms with E-state index in [1.54, 1.807) is 17.0 Å². The van der Waals surface area contributed by atoms with Gasteiger partial charge >= 0.3 is 5.97 Å². The van der Waals surface area contributed by atoms with E-state index in [0.29, 0.717) is 12.1 Å². The third-order valence-corrected chi connectivity index (χ3v) is 3.97. The number of ether oxygens (including phenoxy) is 1. The molecule has 1 atom stereocenters. The second-order valence-corrected chi connectivity index (χ2v) is 5.20. The minimum absolute atomic E-state index is 0.277. The number of methoxy groups -OCH3 is 1. The van der Waals surface area contributed by atoms with E-state index in [1.165, 1.54) is 14.0 Å². The Hall–Kier alpha value is -2.62. The third kappa shape index (κ3) is 2.84. The Morgan fingerprint density at radius 3 is 1.96 bits per heavy atom. The number of anilines is 1. The first-order valence-corrected chi connectivity index (χ1v) is 7.56. The second-order valence-electron chi connectivity index (χ2n) is 5.20. The Morgan fingerprint density at radius 1 is 1.00 bits per heavy atom. The largest absolute Gasteiger partial charge is 0.467 e. The smallest absolute Gasteiger partial charge is 0.344 e. The molecule has 0 amide bonds. The molecule has 2 rings (SSSR count). The van der Waals surface area contributed by atoms with Gasteiger partial charge in [0, 0.05) is 12.2 Å². The number of esters is 1. The summed E-state index contributed by atoms with van der Waals surface area (Å²) in [4.78, 5) is 27.3. The average Bonchev–Trinajstić information content (AvgIpc) is 2.60. The van der Waals surface area contributed by atoms with E-state index in [0.717, 1.165) is 5.69 Å². The molecule has 0 radical (unpaired) electrons. The summed E-state index contributed by atoms with van der Waals surface area (Å²) in [5.74, 6) is -0.858. The lowest BCUT2D eigenvalue weighted by Gasteiger charge is -2.41. The molecule has 0 saturated carbocycles. The van der Waals surface area contributed by atoms with Gasteiger partial charge in [0.1, 0.15) is 0 Å². The third-order valence-electron chi connectivity index (χ3n) is 3.97. The molecule has 0 heterocycles. The van der Waals surface area contributed by atoms with Crippen molar-refractivity contribution < 1.29 is 14.3 Å². The fourth-order valence-electron chi connectivity index (χ4n) is 2.97. The van der Waals surface area contributed by atoms with Crippen LogP contribution in [0.3, 0.4) is 0 Å². The molecule has 120 valence electrons. The van der Waals surface area contributed by atoms with Crippen molar-refractivity contribution in [3.8, 4) is 0 Å². The van der Waals surface area contributed by atoms with E-state index < -0.39 is 11.5 Å². The number of benzene rings is 2. The van der Waals surface area contributed by atoms with Crippen LogP contribution in [0.4, 0.5) is 5.69 Å². The van der Waals surface area contributed by atoms with Crippen molar-refractivity contribution in [2.45, 2.75) is 19.4 Å². The maximum atomic E-state index is 12.8. The van der Waals surface area contributed by atoms with Crippen molar-refractivity contribution in [2.75, 3.05) is 18.6 Å². The Labute approximate surface area is 136 Å². The maximum Gasteiger partial charge on any atom is 0.344 e. The zero-order chi connectivity index (χ0) is 16.9. The number of rotatable bonds is 6. The molecule has 1 unspecified atom stereocenters. The van der Waals surface area contributed by atoms with E-state index in [-0.39, 0.29) is 5.78 Å². The summed E-state index contributed by atoms with van der Waals surface area (Å²) in [6.45, 7) is 3.82. The number of nitrogens with zero attached hydrogens (tertiary/aromatic N) is 1. The van der Waals surface area contributed by atoms with Crippen LogP contribution >= 0.6 is 0 Å². The monoisotopic (exact) mass is 311 g/mol. The number of hydrogen-bond acceptors (Lipinski definition) is 4. The number of carbonyl (C=O) groups is 2. The Balaban J connectivity index is 2.74. The number of carbonyl (C=O) groups excluding carboxylic acids is 2. The molecule has 4 nitrogen and oxygen atoms in total. The molecular formula is C19H21NO3. The van der Waals surface area contributed by atoms with Crippen LogP contribution in [0.15, 0.2) is 60.7 Å². The van der Waals surface area contributed by atoms with E-state index in [1.807, 2.05) is 55.5 Å². The van der Waals surface area contributed by atoms with Crippen molar-refractivity contribution in [2.24, 2.45) is 0 Å². The van der Waals surface area contributed by atoms with Crippen LogP contribution in [0, 0.1) is 0 Å². The number of hydrogen-bond donors (Lipinski definition) is 0. The van der Waals surface area contributed by atoms with Gasteiger partial charge in [-0.25, -0.2) is 4.79 Å². The number of para-hydroxylation sites is 1. The summed E-state index contributed by atoms with van der Waals surface area (Å²) in [5.41, 5.74) is -0.101. The van der Waals surface area contributed by atoms with Gasteiger partial charge in [0.05, 0.1) is 7.11 Å². The van der Waals surface area contributed by atoms with E-state index in [4.69, 9.17) is 4.74 Å². The molecule has 0 aliphatic carbocycles. The van der Waals surface area contributed by atoms with Gasteiger partial charge in [-0.2, -0.15) is 0 Å². The lowest BCUT2D eigenvalue weighted by molar-refractivity contribution is -0.151. The highest BCUT2D eigenvalue weighted by Gasteiger charge is 2.51. The van der Waals surface area contributed by atoms with Crippen LogP contribution in [0.25, 0.3) is 0 Å².